The molecule has 9 heteroatoms. The largest absolute Gasteiger partial charge is 0.493 e. The van der Waals surface area contributed by atoms with Crippen molar-refractivity contribution in [3.8, 4) is 11.5 Å². The standard InChI is InChI=1S/C17H15ClF2N2O3S/c1-24-14-7-10(4-5-13(14)25-17(19)20)12-8-11(15-3-2-6-26-15)21-22(12)16(23)9-18/h2-7,12,17H,8-9H2,1H3/t12-/m1/s1. The summed E-state index contributed by atoms with van der Waals surface area (Å²) >= 11 is 7.24. The van der Waals surface area contributed by atoms with E-state index in [1.54, 1.807) is 12.1 Å². The van der Waals surface area contributed by atoms with Gasteiger partial charge in [0.2, 0.25) is 0 Å². The quantitative estimate of drug-likeness (QED) is 0.680. The number of hydrogen-bond donors (Lipinski definition) is 0. The summed E-state index contributed by atoms with van der Waals surface area (Å²) in [6.07, 6.45) is 0.487. The predicted molar refractivity (Wildman–Crippen MR) is 95.4 cm³/mol. The van der Waals surface area contributed by atoms with Crippen molar-refractivity contribution in [2.24, 2.45) is 5.10 Å². The van der Waals surface area contributed by atoms with E-state index in [2.05, 4.69) is 9.84 Å². The Kier molecular flexibility index (Phi) is 5.73. The molecule has 0 bridgehead atoms. The molecule has 1 amide bonds. The predicted octanol–water partition coefficient (Wildman–Crippen LogP) is 4.27. The van der Waals surface area contributed by atoms with Crippen molar-refractivity contribution in [3.05, 3.63) is 46.2 Å². The monoisotopic (exact) mass is 400 g/mol. The molecule has 3 rings (SSSR count). The summed E-state index contributed by atoms with van der Waals surface area (Å²) in [6, 6.07) is 8.02. The maximum absolute atomic E-state index is 12.5. The Morgan fingerprint density at radius 2 is 2.23 bits per heavy atom. The van der Waals surface area contributed by atoms with E-state index in [0.717, 1.165) is 10.6 Å². The van der Waals surface area contributed by atoms with Crippen LogP contribution in [-0.4, -0.2) is 36.2 Å². The van der Waals surface area contributed by atoms with Crippen LogP contribution in [0, 0.1) is 0 Å². The lowest BCUT2D eigenvalue weighted by molar-refractivity contribution is -0.130. The number of hydrogen-bond acceptors (Lipinski definition) is 5. The zero-order valence-electron chi connectivity index (χ0n) is 13.7. The Morgan fingerprint density at radius 1 is 1.42 bits per heavy atom. The summed E-state index contributed by atoms with van der Waals surface area (Å²) in [5.74, 6) is -0.457. The van der Waals surface area contributed by atoms with E-state index in [9.17, 15) is 13.6 Å². The van der Waals surface area contributed by atoms with Crippen molar-refractivity contribution in [3.63, 3.8) is 0 Å². The smallest absolute Gasteiger partial charge is 0.387 e. The Bertz CT molecular complexity index is 814. The van der Waals surface area contributed by atoms with Crippen LogP contribution in [0.4, 0.5) is 8.78 Å². The van der Waals surface area contributed by atoms with Crippen LogP contribution in [0.2, 0.25) is 0 Å². The van der Waals surface area contributed by atoms with Crippen molar-refractivity contribution < 1.29 is 23.0 Å². The number of thiophene rings is 1. The lowest BCUT2D eigenvalue weighted by Crippen LogP contribution is -2.28. The fourth-order valence-electron chi connectivity index (χ4n) is 2.74. The van der Waals surface area contributed by atoms with Crippen molar-refractivity contribution >= 4 is 34.6 Å². The summed E-state index contributed by atoms with van der Waals surface area (Å²) in [5.41, 5.74) is 1.47. The van der Waals surface area contributed by atoms with Crippen molar-refractivity contribution in [2.45, 2.75) is 19.1 Å². The topological polar surface area (TPSA) is 51.1 Å². The second-order valence-electron chi connectivity index (χ2n) is 5.40. The second-order valence-corrected chi connectivity index (χ2v) is 6.62. The van der Waals surface area contributed by atoms with Gasteiger partial charge in [-0.15, -0.1) is 22.9 Å². The lowest BCUT2D eigenvalue weighted by atomic mass is 10.0. The first-order valence-electron chi connectivity index (χ1n) is 7.65. The molecule has 0 radical (unpaired) electrons. The molecule has 5 nitrogen and oxygen atoms in total. The average Bonchev–Trinajstić information content (AvgIpc) is 3.30. The second kappa shape index (κ2) is 8.01. The number of carbonyl (C=O) groups is 1. The first kappa shape index (κ1) is 18.6. The Balaban J connectivity index is 1.93. The summed E-state index contributed by atoms with van der Waals surface area (Å²) < 4.78 is 34.6. The van der Waals surface area contributed by atoms with Gasteiger partial charge in [0.25, 0.3) is 5.91 Å². The number of alkyl halides is 3. The van der Waals surface area contributed by atoms with Gasteiger partial charge >= 0.3 is 6.61 Å². The molecule has 1 aliphatic heterocycles. The minimum atomic E-state index is -2.95. The molecule has 2 heterocycles. The summed E-state index contributed by atoms with van der Waals surface area (Å²) in [6.45, 7) is -2.95. The minimum absolute atomic E-state index is 0.0705. The van der Waals surface area contributed by atoms with E-state index < -0.39 is 12.7 Å². The van der Waals surface area contributed by atoms with Crippen LogP contribution in [0.1, 0.15) is 22.9 Å². The Labute approximate surface area is 157 Å². The molecule has 26 heavy (non-hydrogen) atoms. The van der Waals surface area contributed by atoms with Crippen molar-refractivity contribution in [1.82, 2.24) is 5.01 Å². The molecule has 1 aromatic heterocycles. The van der Waals surface area contributed by atoms with Crippen LogP contribution in [0.25, 0.3) is 0 Å². The van der Waals surface area contributed by atoms with Gasteiger partial charge in [0.05, 0.1) is 23.7 Å². The van der Waals surface area contributed by atoms with Gasteiger partial charge in [0.15, 0.2) is 11.5 Å². The molecule has 0 saturated carbocycles. The van der Waals surface area contributed by atoms with Gasteiger partial charge in [-0.3, -0.25) is 4.79 Å². The first-order valence-corrected chi connectivity index (χ1v) is 9.07. The third-order valence-electron chi connectivity index (χ3n) is 3.87. The number of halogens is 3. The molecule has 1 aromatic carbocycles. The zero-order chi connectivity index (χ0) is 18.7. The Hall–Kier alpha value is -2.19. The summed E-state index contributed by atoms with van der Waals surface area (Å²) in [7, 11) is 1.36. The highest BCUT2D eigenvalue weighted by Gasteiger charge is 2.33. The van der Waals surface area contributed by atoms with E-state index in [1.807, 2.05) is 17.5 Å². The van der Waals surface area contributed by atoms with Gasteiger partial charge in [-0.25, -0.2) is 5.01 Å². The van der Waals surface area contributed by atoms with Crippen LogP contribution >= 0.6 is 22.9 Å². The molecular weight excluding hydrogens is 386 g/mol. The fraction of sp³-hybridized carbons (Fsp3) is 0.294. The van der Waals surface area contributed by atoms with Gasteiger partial charge in [0, 0.05) is 6.42 Å². The van der Waals surface area contributed by atoms with Gasteiger partial charge in [0.1, 0.15) is 5.88 Å². The van der Waals surface area contributed by atoms with Crippen molar-refractivity contribution in [1.29, 1.82) is 0 Å². The van der Waals surface area contributed by atoms with E-state index >= 15 is 0 Å². The SMILES string of the molecule is COc1cc([C@H]2CC(c3cccs3)=NN2C(=O)CCl)ccc1OC(F)F. The molecule has 2 aromatic rings. The van der Waals surface area contributed by atoms with Gasteiger partial charge in [-0.1, -0.05) is 12.1 Å². The van der Waals surface area contributed by atoms with Crippen LogP contribution in [-0.2, 0) is 4.79 Å². The number of rotatable bonds is 6. The number of benzene rings is 1. The lowest BCUT2D eigenvalue weighted by Gasteiger charge is -2.22. The zero-order valence-corrected chi connectivity index (χ0v) is 15.3. The minimum Gasteiger partial charge on any atom is -0.493 e. The molecule has 0 N–H and O–H groups in total. The number of carbonyl (C=O) groups excluding carboxylic acids is 1. The van der Waals surface area contributed by atoms with E-state index in [0.29, 0.717) is 12.0 Å². The fourth-order valence-corrected chi connectivity index (χ4v) is 3.58. The molecule has 0 fully saturated rings. The summed E-state index contributed by atoms with van der Waals surface area (Å²) in [4.78, 5) is 13.2. The average molecular weight is 401 g/mol. The third kappa shape index (κ3) is 3.81. The molecule has 1 aliphatic rings. The third-order valence-corrected chi connectivity index (χ3v) is 5.02. The maximum atomic E-state index is 12.5. The Morgan fingerprint density at radius 3 is 2.85 bits per heavy atom. The van der Waals surface area contributed by atoms with Crippen LogP contribution in [0.3, 0.4) is 0 Å². The number of ether oxygens (including phenoxy) is 2. The molecular formula is C17H15ClF2N2O3S. The molecule has 1 atom stereocenters. The van der Waals surface area contributed by atoms with Gasteiger partial charge in [-0.05, 0) is 29.1 Å². The molecule has 0 aliphatic carbocycles. The normalized spacial score (nSPS) is 16.7. The highest BCUT2D eigenvalue weighted by Crippen LogP contribution is 2.38. The van der Waals surface area contributed by atoms with Crippen molar-refractivity contribution in [2.75, 3.05) is 13.0 Å². The van der Waals surface area contributed by atoms with Crippen LogP contribution < -0.4 is 9.47 Å². The first-order chi connectivity index (χ1) is 12.5. The van der Waals surface area contributed by atoms with E-state index in [4.69, 9.17) is 16.3 Å². The molecule has 0 spiro atoms. The summed E-state index contributed by atoms with van der Waals surface area (Å²) in [5, 5.41) is 7.69. The number of amides is 1. The number of nitrogens with zero attached hydrogens (tertiary/aromatic N) is 2. The van der Waals surface area contributed by atoms with E-state index in [1.165, 1.54) is 29.5 Å². The van der Waals surface area contributed by atoms with Crippen LogP contribution in [0.5, 0.6) is 11.5 Å². The molecule has 0 unspecified atom stereocenters. The molecule has 0 saturated heterocycles. The van der Waals surface area contributed by atoms with Gasteiger partial charge < -0.3 is 9.47 Å². The van der Waals surface area contributed by atoms with E-state index in [-0.39, 0.29) is 23.3 Å². The highest BCUT2D eigenvalue weighted by atomic mass is 35.5. The number of methoxy groups -OCH3 is 1. The number of hydrazone groups is 1. The molecule has 138 valence electrons. The van der Waals surface area contributed by atoms with Gasteiger partial charge in [-0.2, -0.15) is 13.9 Å². The maximum Gasteiger partial charge on any atom is 0.387 e. The highest BCUT2D eigenvalue weighted by molar-refractivity contribution is 7.12. The van der Waals surface area contributed by atoms with Crippen LogP contribution in [0.15, 0.2) is 40.8 Å².